The number of rotatable bonds is 3. The van der Waals surface area contributed by atoms with E-state index >= 15 is 0 Å². The van der Waals surface area contributed by atoms with Gasteiger partial charge in [-0.05, 0) is 26.0 Å². The fourth-order valence-electron chi connectivity index (χ4n) is 1.83. The summed E-state index contributed by atoms with van der Waals surface area (Å²) < 4.78 is 28.7. The Kier molecular flexibility index (Phi) is 3.05. The second-order valence-corrected chi connectivity index (χ2v) is 4.51. The Bertz CT molecular complexity index is 617. The van der Waals surface area contributed by atoms with Gasteiger partial charge in [0, 0.05) is 0 Å². The van der Waals surface area contributed by atoms with Crippen LogP contribution in [0.3, 0.4) is 0 Å². The van der Waals surface area contributed by atoms with Gasteiger partial charge in [-0.1, -0.05) is 11.3 Å². The van der Waals surface area contributed by atoms with Gasteiger partial charge in [0.1, 0.15) is 11.6 Å². The molecule has 0 aliphatic heterocycles. The van der Waals surface area contributed by atoms with E-state index in [0.29, 0.717) is 0 Å². The highest BCUT2D eigenvalue weighted by atomic mass is 19.1. The van der Waals surface area contributed by atoms with Crippen LogP contribution in [0.2, 0.25) is 0 Å². The number of halogens is 2. The highest BCUT2D eigenvalue weighted by molar-refractivity contribution is 5.84. The molecule has 2 rings (SSSR count). The molecule has 0 amide bonds. The van der Waals surface area contributed by atoms with Gasteiger partial charge in [-0.3, -0.25) is 0 Å². The molecule has 2 aromatic rings. The number of carboxylic acids is 1. The Morgan fingerprint density at radius 2 is 1.89 bits per heavy atom. The van der Waals surface area contributed by atoms with E-state index in [0.717, 1.165) is 23.0 Å². The molecule has 0 bridgehead atoms. The molecule has 1 aromatic carbocycles. The number of hydrogen-bond acceptors (Lipinski definition) is 3. The summed E-state index contributed by atoms with van der Waals surface area (Å²) in [4.78, 5) is 10.7. The summed E-state index contributed by atoms with van der Waals surface area (Å²) in [5.41, 5.74) is -1.68. The third kappa shape index (κ3) is 2.18. The zero-order valence-corrected chi connectivity index (χ0v) is 10.3. The first-order chi connectivity index (χ1) is 8.84. The lowest BCUT2D eigenvalue weighted by Gasteiger charge is -2.26. The van der Waals surface area contributed by atoms with Crippen molar-refractivity contribution in [2.75, 3.05) is 0 Å². The molecule has 0 atom stereocenters. The Morgan fingerprint density at radius 1 is 1.32 bits per heavy atom. The average molecular weight is 267 g/mol. The molecule has 1 heterocycles. The predicted octanol–water partition coefficient (Wildman–Crippen LogP) is 2.04. The molecule has 19 heavy (non-hydrogen) atoms. The fraction of sp³-hybridized carbons (Fsp3) is 0.250. The van der Waals surface area contributed by atoms with Crippen molar-refractivity contribution in [1.29, 1.82) is 0 Å². The topological polar surface area (TPSA) is 68.0 Å². The summed E-state index contributed by atoms with van der Waals surface area (Å²) in [6, 6.07) is 3.53. The van der Waals surface area contributed by atoms with Crippen LogP contribution in [0, 0.1) is 11.6 Å². The molecular formula is C12H11F2N3O2. The lowest BCUT2D eigenvalue weighted by molar-refractivity contribution is 0.0690. The van der Waals surface area contributed by atoms with Gasteiger partial charge in [0.15, 0.2) is 5.69 Å². The third-order valence-corrected chi connectivity index (χ3v) is 2.86. The minimum absolute atomic E-state index is 0.197. The van der Waals surface area contributed by atoms with Gasteiger partial charge in [0.2, 0.25) is 0 Å². The highest BCUT2D eigenvalue weighted by Crippen LogP contribution is 2.29. The quantitative estimate of drug-likeness (QED) is 0.924. The molecule has 0 fully saturated rings. The summed E-state index contributed by atoms with van der Waals surface area (Å²) >= 11 is 0. The molecule has 100 valence electrons. The van der Waals surface area contributed by atoms with E-state index in [1.807, 2.05) is 0 Å². The van der Waals surface area contributed by atoms with E-state index in [1.54, 1.807) is 0 Å². The normalized spacial score (nSPS) is 11.6. The van der Waals surface area contributed by atoms with Gasteiger partial charge in [0.25, 0.3) is 0 Å². The van der Waals surface area contributed by atoms with Crippen LogP contribution in [0.4, 0.5) is 8.78 Å². The van der Waals surface area contributed by atoms with Gasteiger partial charge in [0.05, 0.1) is 17.3 Å². The molecule has 7 heteroatoms. The van der Waals surface area contributed by atoms with E-state index in [-0.39, 0.29) is 11.3 Å². The molecule has 0 aliphatic carbocycles. The van der Waals surface area contributed by atoms with E-state index in [4.69, 9.17) is 5.11 Å². The van der Waals surface area contributed by atoms with Gasteiger partial charge >= 0.3 is 5.97 Å². The minimum atomic E-state index is -1.25. The van der Waals surface area contributed by atoms with E-state index in [1.165, 1.54) is 19.9 Å². The first-order valence-electron chi connectivity index (χ1n) is 5.44. The Morgan fingerprint density at radius 3 is 2.37 bits per heavy atom. The van der Waals surface area contributed by atoms with Crippen LogP contribution in [0.15, 0.2) is 24.4 Å². The predicted molar refractivity (Wildman–Crippen MR) is 61.8 cm³/mol. The lowest BCUT2D eigenvalue weighted by atomic mass is 9.93. The summed E-state index contributed by atoms with van der Waals surface area (Å²) in [7, 11) is 0. The molecule has 0 aliphatic rings. The molecular weight excluding hydrogens is 256 g/mol. The van der Waals surface area contributed by atoms with Crippen LogP contribution in [0.1, 0.15) is 29.9 Å². The van der Waals surface area contributed by atoms with Crippen molar-refractivity contribution >= 4 is 5.97 Å². The van der Waals surface area contributed by atoms with Gasteiger partial charge in [-0.15, -0.1) is 5.10 Å². The van der Waals surface area contributed by atoms with Gasteiger partial charge in [-0.2, -0.15) is 0 Å². The van der Waals surface area contributed by atoms with Gasteiger partial charge < -0.3 is 5.11 Å². The third-order valence-electron chi connectivity index (χ3n) is 2.86. The summed E-state index contributed by atoms with van der Waals surface area (Å²) in [6.45, 7) is 3.05. The smallest absolute Gasteiger partial charge is 0.358 e. The standard InChI is InChI=1S/C12H11F2N3O2/c1-12(2,10-7(13)4-3-5-8(10)14)17-6-9(11(18)19)15-16-17/h3-6H,1-2H3,(H,18,19). The zero-order chi connectivity index (χ0) is 14.2. The Balaban J connectivity index is 2.55. The minimum Gasteiger partial charge on any atom is -0.476 e. The van der Waals surface area contributed by atoms with Crippen molar-refractivity contribution in [2.24, 2.45) is 0 Å². The second-order valence-electron chi connectivity index (χ2n) is 4.51. The largest absolute Gasteiger partial charge is 0.476 e. The number of benzene rings is 1. The van der Waals surface area contributed by atoms with Crippen molar-refractivity contribution in [3.8, 4) is 0 Å². The number of carboxylic acid groups (broad SMARTS) is 1. The lowest BCUT2D eigenvalue weighted by Crippen LogP contribution is -2.31. The summed E-state index contributed by atoms with van der Waals surface area (Å²) in [6.07, 6.45) is 1.13. The van der Waals surface area contributed by atoms with Crippen LogP contribution in [-0.2, 0) is 5.54 Å². The Hall–Kier alpha value is -2.31. The fourth-order valence-corrected chi connectivity index (χ4v) is 1.83. The average Bonchev–Trinajstić information content (AvgIpc) is 2.78. The molecule has 1 N–H and O–H groups in total. The maximum atomic E-state index is 13.8. The molecule has 5 nitrogen and oxygen atoms in total. The van der Waals surface area contributed by atoms with Crippen LogP contribution < -0.4 is 0 Å². The summed E-state index contributed by atoms with van der Waals surface area (Å²) in [5.74, 6) is -2.70. The van der Waals surface area contributed by atoms with Crippen molar-refractivity contribution in [3.05, 3.63) is 47.3 Å². The molecule has 0 radical (unpaired) electrons. The highest BCUT2D eigenvalue weighted by Gasteiger charge is 2.31. The van der Waals surface area contributed by atoms with Crippen molar-refractivity contribution < 1.29 is 18.7 Å². The van der Waals surface area contributed by atoms with Crippen LogP contribution in [0.5, 0.6) is 0 Å². The van der Waals surface area contributed by atoms with Crippen molar-refractivity contribution in [1.82, 2.24) is 15.0 Å². The van der Waals surface area contributed by atoms with Crippen LogP contribution in [-0.4, -0.2) is 26.1 Å². The first-order valence-corrected chi connectivity index (χ1v) is 5.44. The molecule has 0 saturated heterocycles. The van der Waals surface area contributed by atoms with E-state index in [9.17, 15) is 13.6 Å². The maximum Gasteiger partial charge on any atom is 0.358 e. The first kappa shape index (κ1) is 13.1. The number of hydrogen-bond donors (Lipinski definition) is 1. The monoisotopic (exact) mass is 267 g/mol. The summed E-state index contributed by atoms with van der Waals surface area (Å²) in [5, 5.41) is 15.8. The molecule has 0 spiro atoms. The Labute approximate surface area is 107 Å². The number of carbonyl (C=O) groups is 1. The van der Waals surface area contributed by atoms with E-state index < -0.39 is 23.1 Å². The van der Waals surface area contributed by atoms with Crippen LogP contribution >= 0.6 is 0 Å². The SMILES string of the molecule is CC(C)(c1c(F)cccc1F)n1cc(C(=O)O)nn1. The van der Waals surface area contributed by atoms with Gasteiger partial charge in [-0.25, -0.2) is 18.3 Å². The number of aromatic carboxylic acids is 1. The van der Waals surface area contributed by atoms with Crippen molar-refractivity contribution in [2.45, 2.75) is 19.4 Å². The number of nitrogens with zero attached hydrogens (tertiary/aromatic N) is 3. The van der Waals surface area contributed by atoms with E-state index in [2.05, 4.69) is 10.3 Å². The number of aromatic nitrogens is 3. The zero-order valence-electron chi connectivity index (χ0n) is 10.3. The van der Waals surface area contributed by atoms with Crippen LogP contribution in [0.25, 0.3) is 0 Å². The molecule has 0 unspecified atom stereocenters. The second kappa shape index (κ2) is 4.42. The molecule has 0 saturated carbocycles. The molecule has 1 aromatic heterocycles. The van der Waals surface area contributed by atoms with Crippen molar-refractivity contribution in [3.63, 3.8) is 0 Å². The maximum absolute atomic E-state index is 13.8.